The predicted octanol–water partition coefficient (Wildman–Crippen LogP) is 0.0176. The molecule has 0 atom stereocenters. The maximum atomic E-state index is 9.03. The zero-order valence-corrected chi connectivity index (χ0v) is 7.05. The van der Waals surface area contributed by atoms with Crippen molar-refractivity contribution in [3.63, 3.8) is 0 Å². The molecule has 3 heteroatoms. The standard InChI is InChI=1S/C8H15NO2/c1-6(2)8(9)3-7(4-8,5-10)11-6/h10H,3-5,9H2,1-2H3. The number of aliphatic hydroxyl groups is 1. The molecule has 2 aliphatic heterocycles. The highest BCUT2D eigenvalue weighted by Gasteiger charge is 2.69. The number of hydrogen-bond donors (Lipinski definition) is 2. The normalized spacial score (nSPS) is 52.4. The summed E-state index contributed by atoms with van der Waals surface area (Å²) in [6.07, 6.45) is 1.62. The Labute approximate surface area is 66.5 Å². The van der Waals surface area contributed by atoms with Crippen LogP contribution in [0, 0.1) is 0 Å². The van der Waals surface area contributed by atoms with Gasteiger partial charge < -0.3 is 15.6 Å². The quantitative estimate of drug-likeness (QED) is 0.564. The largest absolute Gasteiger partial charge is 0.393 e. The molecule has 2 heterocycles. The lowest BCUT2D eigenvalue weighted by Gasteiger charge is -2.43. The molecule has 0 amide bonds. The average Bonchev–Trinajstić information content (AvgIpc) is 2.10. The Balaban J connectivity index is 2.25. The molecule has 3 N–H and O–H groups in total. The lowest BCUT2D eigenvalue weighted by molar-refractivity contribution is -0.0850. The zero-order chi connectivity index (χ0) is 8.33. The summed E-state index contributed by atoms with van der Waals surface area (Å²) < 4.78 is 5.69. The van der Waals surface area contributed by atoms with Crippen LogP contribution < -0.4 is 5.73 Å². The molecule has 3 nitrogen and oxygen atoms in total. The van der Waals surface area contributed by atoms with E-state index in [9.17, 15) is 0 Å². The Morgan fingerprint density at radius 3 is 2.18 bits per heavy atom. The zero-order valence-electron chi connectivity index (χ0n) is 7.05. The molecule has 0 aromatic carbocycles. The first-order valence-electron chi connectivity index (χ1n) is 4.03. The van der Waals surface area contributed by atoms with Crippen LogP contribution in [-0.2, 0) is 4.74 Å². The highest BCUT2D eigenvalue weighted by Crippen LogP contribution is 2.58. The van der Waals surface area contributed by atoms with E-state index in [2.05, 4.69) is 0 Å². The van der Waals surface area contributed by atoms with Gasteiger partial charge in [0, 0.05) is 0 Å². The number of aliphatic hydroxyl groups excluding tert-OH is 1. The van der Waals surface area contributed by atoms with Gasteiger partial charge in [-0.2, -0.15) is 0 Å². The Morgan fingerprint density at radius 2 is 2.00 bits per heavy atom. The van der Waals surface area contributed by atoms with E-state index < -0.39 is 0 Å². The van der Waals surface area contributed by atoms with Crippen LogP contribution in [0.4, 0.5) is 0 Å². The van der Waals surface area contributed by atoms with E-state index in [0.717, 1.165) is 12.8 Å². The summed E-state index contributed by atoms with van der Waals surface area (Å²) in [5.74, 6) is 0. The fraction of sp³-hybridized carbons (Fsp3) is 1.00. The van der Waals surface area contributed by atoms with Crippen molar-refractivity contribution in [1.82, 2.24) is 0 Å². The van der Waals surface area contributed by atoms with Gasteiger partial charge >= 0.3 is 0 Å². The summed E-state index contributed by atoms with van der Waals surface area (Å²) in [5.41, 5.74) is 5.31. The molecule has 1 aliphatic carbocycles. The van der Waals surface area contributed by atoms with Crippen molar-refractivity contribution in [3.05, 3.63) is 0 Å². The first kappa shape index (κ1) is 7.53. The van der Waals surface area contributed by atoms with Crippen LogP contribution in [0.3, 0.4) is 0 Å². The number of rotatable bonds is 1. The number of ether oxygens (including phenoxy) is 1. The fourth-order valence-corrected chi connectivity index (χ4v) is 2.38. The van der Waals surface area contributed by atoms with Gasteiger partial charge in [-0.1, -0.05) is 0 Å². The molecule has 0 spiro atoms. The monoisotopic (exact) mass is 157 g/mol. The van der Waals surface area contributed by atoms with Crippen LogP contribution >= 0.6 is 0 Å². The van der Waals surface area contributed by atoms with Crippen molar-refractivity contribution < 1.29 is 9.84 Å². The van der Waals surface area contributed by atoms with E-state index in [4.69, 9.17) is 15.6 Å². The minimum atomic E-state index is -0.293. The number of hydrogen-bond acceptors (Lipinski definition) is 3. The van der Waals surface area contributed by atoms with Gasteiger partial charge in [-0.3, -0.25) is 0 Å². The van der Waals surface area contributed by atoms with E-state index in [0.29, 0.717) is 0 Å². The second-order valence-electron chi connectivity index (χ2n) is 4.46. The lowest BCUT2D eigenvalue weighted by atomic mass is 9.64. The summed E-state index contributed by atoms with van der Waals surface area (Å²) in [6, 6.07) is 0. The van der Waals surface area contributed by atoms with Gasteiger partial charge in [0.2, 0.25) is 0 Å². The van der Waals surface area contributed by atoms with Crippen LogP contribution in [0.25, 0.3) is 0 Å². The van der Waals surface area contributed by atoms with Crippen molar-refractivity contribution in [2.75, 3.05) is 6.61 Å². The molecule has 2 bridgehead atoms. The SMILES string of the molecule is CC1(C)OC2(CO)CC1(N)C2. The summed E-state index contributed by atoms with van der Waals surface area (Å²) in [7, 11) is 0. The smallest absolute Gasteiger partial charge is 0.0957 e. The predicted molar refractivity (Wildman–Crippen MR) is 41.1 cm³/mol. The van der Waals surface area contributed by atoms with Crippen molar-refractivity contribution in [1.29, 1.82) is 0 Å². The van der Waals surface area contributed by atoms with E-state index >= 15 is 0 Å². The fourth-order valence-electron chi connectivity index (χ4n) is 2.38. The van der Waals surface area contributed by atoms with Crippen LogP contribution in [0.15, 0.2) is 0 Å². The van der Waals surface area contributed by atoms with Gasteiger partial charge in [0.15, 0.2) is 0 Å². The second-order valence-corrected chi connectivity index (χ2v) is 4.46. The lowest BCUT2D eigenvalue weighted by Crippen LogP contribution is -2.61. The average molecular weight is 157 g/mol. The molecule has 0 aromatic heterocycles. The van der Waals surface area contributed by atoms with Crippen LogP contribution in [0.5, 0.6) is 0 Å². The van der Waals surface area contributed by atoms with Gasteiger partial charge in [0.1, 0.15) is 0 Å². The third-order valence-corrected chi connectivity index (χ3v) is 3.23. The van der Waals surface area contributed by atoms with Crippen molar-refractivity contribution >= 4 is 0 Å². The molecular weight excluding hydrogens is 142 g/mol. The van der Waals surface area contributed by atoms with Crippen LogP contribution in [-0.4, -0.2) is 28.5 Å². The highest BCUT2D eigenvalue weighted by molar-refractivity contribution is 5.23. The van der Waals surface area contributed by atoms with E-state index in [1.165, 1.54) is 0 Å². The third-order valence-electron chi connectivity index (χ3n) is 3.23. The molecule has 2 saturated heterocycles. The molecule has 3 fully saturated rings. The van der Waals surface area contributed by atoms with Gasteiger partial charge in [-0.05, 0) is 26.7 Å². The Hall–Kier alpha value is -0.120. The third kappa shape index (κ3) is 0.687. The molecule has 11 heavy (non-hydrogen) atoms. The van der Waals surface area contributed by atoms with Gasteiger partial charge in [0.05, 0.1) is 23.3 Å². The molecule has 0 aromatic rings. The minimum absolute atomic E-state index is 0.107. The molecular formula is C8H15NO2. The highest BCUT2D eigenvalue weighted by atomic mass is 16.6. The molecule has 0 radical (unpaired) electrons. The van der Waals surface area contributed by atoms with E-state index in [1.54, 1.807) is 0 Å². The molecule has 0 unspecified atom stereocenters. The van der Waals surface area contributed by atoms with Gasteiger partial charge in [-0.15, -0.1) is 0 Å². The molecule has 64 valence electrons. The molecule has 3 rings (SSSR count). The number of fused-ring (bicyclic) bond motifs is 1. The van der Waals surface area contributed by atoms with Crippen molar-refractivity contribution in [3.8, 4) is 0 Å². The first-order valence-corrected chi connectivity index (χ1v) is 4.03. The summed E-state index contributed by atoms with van der Waals surface area (Å²) in [4.78, 5) is 0. The Morgan fingerprint density at radius 1 is 1.45 bits per heavy atom. The Bertz CT molecular complexity index is 192. The Kier molecular flexibility index (Phi) is 1.11. The minimum Gasteiger partial charge on any atom is -0.393 e. The van der Waals surface area contributed by atoms with Crippen LogP contribution in [0.1, 0.15) is 26.7 Å². The van der Waals surface area contributed by atoms with E-state index in [1.807, 2.05) is 13.8 Å². The second kappa shape index (κ2) is 1.63. The molecule has 3 aliphatic rings. The summed E-state index contributed by atoms with van der Waals surface area (Å²) >= 11 is 0. The molecule has 1 saturated carbocycles. The van der Waals surface area contributed by atoms with Gasteiger partial charge in [0.25, 0.3) is 0 Å². The maximum absolute atomic E-state index is 9.03. The van der Waals surface area contributed by atoms with Crippen LogP contribution in [0.2, 0.25) is 0 Å². The topological polar surface area (TPSA) is 55.5 Å². The summed E-state index contributed by atoms with van der Waals surface area (Å²) in [5, 5.41) is 9.03. The van der Waals surface area contributed by atoms with Gasteiger partial charge in [-0.25, -0.2) is 0 Å². The van der Waals surface area contributed by atoms with Crippen molar-refractivity contribution in [2.45, 2.75) is 43.4 Å². The maximum Gasteiger partial charge on any atom is 0.0957 e. The van der Waals surface area contributed by atoms with E-state index in [-0.39, 0.29) is 23.3 Å². The number of nitrogens with two attached hydrogens (primary N) is 1. The first-order chi connectivity index (χ1) is 4.93. The van der Waals surface area contributed by atoms with Crippen molar-refractivity contribution in [2.24, 2.45) is 5.73 Å². The summed E-state index contributed by atoms with van der Waals surface area (Å²) in [6.45, 7) is 4.10.